The van der Waals surface area contributed by atoms with Gasteiger partial charge in [-0.1, -0.05) is 26.0 Å². The predicted octanol–water partition coefficient (Wildman–Crippen LogP) is 2.55. The smallest absolute Gasteiger partial charge is 0.222 e. The van der Waals surface area contributed by atoms with Gasteiger partial charge in [0.2, 0.25) is 11.6 Å². The molecule has 25 heavy (non-hydrogen) atoms. The fourth-order valence-corrected chi connectivity index (χ4v) is 2.71. The number of nitrogens with one attached hydrogen (secondary N) is 2. The van der Waals surface area contributed by atoms with Gasteiger partial charge in [-0.25, -0.2) is 4.98 Å². The molecule has 0 aliphatic rings. The molecule has 3 aromatic rings. The minimum Gasteiger partial charge on any atom is -0.367 e. The van der Waals surface area contributed by atoms with Crippen molar-refractivity contribution < 1.29 is 4.79 Å². The Hall–Kier alpha value is -2.70. The van der Waals surface area contributed by atoms with E-state index < -0.39 is 0 Å². The van der Waals surface area contributed by atoms with E-state index in [0.717, 1.165) is 47.7 Å². The first-order valence-corrected chi connectivity index (χ1v) is 8.70. The number of rotatable bonds is 7. The topological polar surface area (TPSA) is 84.2 Å². The SMILES string of the molecule is Cc1nnc2c(NCCCCNC(=O)C(C)C)nc3ccccc3n12. The number of amides is 1. The molecule has 1 amide bonds. The van der Waals surface area contributed by atoms with Crippen LogP contribution in [-0.2, 0) is 4.79 Å². The van der Waals surface area contributed by atoms with Crippen molar-refractivity contribution in [3.63, 3.8) is 0 Å². The molecule has 0 fully saturated rings. The van der Waals surface area contributed by atoms with E-state index in [1.807, 2.05) is 49.4 Å². The second kappa shape index (κ2) is 7.46. The number of aromatic nitrogens is 4. The zero-order chi connectivity index (χ0) is 17.8. The molecule has 0 unspecified atom stereocenters. The number of hydrogen-bond acceptors (Lipinski definition) is 5. The van der Waals surface area contributed by atoms with Gasteiger partial charge >= 0.3 is 0 Å². The van der Waals surface area contributed by atoms with Crippen molar-refractivity contribution in [3.8, 4) is 0 Å². The molecule has 0 aliphatic heterocycles. The van der Waals surface area contributed by atoms with Gasteiger partial charge < -0.3 is 10.6 Å². The molecule has 0 saturated carbocycles. The molecule has 7 heteroatoms. The van der Waals surface area contributed by atoms with Crippen LogP contribution in [0.15, 0.2) is 24.3 Å². The Morgan fingerprint density at radius 3 is 2.72 bits per heavy atom. The summed E-state index contributed by atoms with van der Waals surface area (Å²) in [6, 6.07) is 7.97. The van der Waals surface area contributed by atoms with Gasteiger partial charge in [0, 0.05) is 19.0 Å². The Morgan fingerprint density at radius 2 is 1.92 bits per heavy atom. The second-order valence-corrected chi connectivity index (χ2v) is 6.43. The number of fused-ring (bicyclic) bond motifs is 3. The molecule has 2 heterocycles. The van der Waals surface area contributed by atoms with Gasteiger partial charge in [-0.15, -0.1) is 10.2 Å². The minimum atomic E-state index is 0.0318. The minimum absolute atomic E-state index is 0.0318. The molecule has 3 rings (SSSR count). The zero-order valence-electron chi connectivity index (χ0n) is 14.9. The van der Waals surface area contributed by atoms with Crippen molar-refractivity contribution in [1.82, 2.24) is 24.9 Å². The number of anilines is 1. The summed E-state index contributed by atoms with van der Waals surface area (Å²) in [5, 5.41) is 14.7. The van der Waals surface area contributed by atoms with Crippen LogP contribution in [0.2, 0.25) is 0 Å². The van der Waals surface area contributed by atoms with Crippen LogP contribution in [0.4, 0.5) is 5.82 Å². The summed E-state index contributed by atoms with van der Waals surface area (Å²) in [4.78, 5) is 16.2. The van der Waals surface area contributed by atoms with E-state index in [1.54, 1.807) is 0 Å². The maximum atomic E-state index is 11.5. The monoisotopic (exact) mass is 340 g/mol. The predicted molar refractivity (Wildman–Crippen MR) is 98.6 cm³/mol. The molecule has 1 aromatic carbocycles. The summed E-state index contributed by atoms with van der Waals surface area (Å²) in [6.07, 6.45) is 1.85. The van der Waals surface area contributed by atoms with Crippen molar-refractivity contribution in [2.75, 3.05) is 18.4 Å². The van der Waals surface area contributed by atoms with Gasteiger partial charge in [0.05, 0.1) is 11.0 Å². The molecule has 0 aliphatic carbocycles. The van der Waals surface area contributed by atoms with Gasteiger partial charge in [-0.05, 0) is 31.9 Å². The number of unbranched alkanes of at least 4 members (excludes halogenated alkanes) is 1. The number of para-hydroxylation sites is 2. The first-order chi connectivity index (χ1) is 12.1. The van der Waals surface area contributed by atoms with Crippen LogP contribution in [0.5, 0.6) is 0 Å². The second-order valence-electron chi connectivity index (χ2n) is 6.43. The van der Waals surface area contributed by atoms with Gasteiger partial charge in [0.25, 0.3) is 0 Å². The van der Waals surface area contributed by atoms with E-state index >= 15 is 0 Å². The van der Waals surface area contributed by atoms with E-state index in [4.69, 9.17) is 0 Å². The Morgan fingerprint density at radius 1 is 1.16 bits per heavy atom. The molecule has 0 saturated heterocycles. The van der Waals surface area contributed by atoms with Crippen LogP contribution in [0.1, 0.15) is 32.5 Å². The summed E-state index contributed by atoms with van der Waals surface area (Å²) < 4.78 is 2.02. The summed E-state index contributed by atoms with van der Waals surface area (Å²) >= 11 is 0. The van der Waals surface area contributed by atoms with Crippen LogP contribution in [0.25, 0.3) is 16.7 Å². The number of carbonyl (C=O) groups is 1. The third-order valence-electron chi connectivity index (χ3n) is 4.11. The summed E-state index contributed by atoms with van der Waals surface area (Å²) in [7, 11) is 0. The maximum absolute atomic E-state index is 11.5. The molecule has 7 nitrogen and oxygen atoms in total. The largest absolute Gasteiger partial charge is 0.367 e. The average Bonchev–Trinajstić information content (AvgIpc) is 3.00. The van der Waals surface area contributed by atoms with E-state index in [9.17, 15) is 4.79 Å². The lowest BCUT2D eigenvalue weighted by atomic mass is 10.2. The lowest BCUT2D eigenvalue weighted by Gasteiger charge is -2.10. The Kier molecular flexibility index (Phi) is 5.11. The van der Waals surface area contributed by atoms with Crippen molar-refractivity contribution in [2.45, 2.75) is 33.6 Å². The maximum Gasteiger partial charge on any atom is 0.222 e. The highest BCUT2D eigenvalue weighted by Gasteiger charge is 2.12. The van der Waals surface area contributed by atoms with Crippen LogP contribution in [0.3, 0.4) is 0 Å². The standard InChI is InChI=1S/C18H24N6O/c1-12(2)18(25)20-11-7-6-10-19-16-17-23-22-13(3)24(17)15-9-5-4-8-14(15)21-16/h4-5,8-9,12H,6-7,10-11H2,1-3H3,(H,19,21)(H,20,25). The summed E-state index contributed by atoms with van der Waals surface area (Å²) in [5.74, 6) is 1.72. The molecule has 132 valence electrons. The summed E-state index contributed by atoms with van der Waals surface area (Å²) in [6.45, 7) is 7.20. The zero-order valence-corrected chi connectivity index (χ0v) is 14.9. The van der Waals surface area contributed by atoms with E-state index in [-0.39, 0.29) is 11.8 Å². The van der Waals surface area contributed by atoms with E-state index in [1.165, 1.54) is 0 Å². The molecule has 0 spiro atoms. The highest BCUT2D eigenvalue weighted by atomic mass is 16.1. The van der Waals surface area contributed by atoms with Crippen LogP contribution in [0, 0.1) is 12.8 Å². The van der Waals surface area contributed by atoms with Gasteiger partial charge in [0.1, 0.15) is 5.82 Å². The summed E-state index contributed by atoms with van der Waals surface area (Å²) in [5.41, 5.74) is 2.65. The van der Waals surface area contributed by atoms with Gasteiger partial charge in [0.15, 0.2) is 5.82 Å². The van der Waals surface area contributed by atoms with Crippen LogP contribution < -0.4 is 10.6 Å². The Labute approximate surface area is 146 Å². The fraction of sp³-hybridized carbons (Fsp3) is 0.444. The molecule has 0 atom stereocenters. The third kappa shape index (κ3) is 3.70. The number of carbonyl (C=O) groups excluding carboxylic acids is 1. The Balaban J connectivity index is 1.64. The third-order valence-corrected chi connectivity index (χ3v) is 4.11. The fourth-order valence-electron chi connectivity index (χ4n) is 2.71. The molecule has 0 radical (unpaired) electrons. The highest BCUT2D eigenvalue weighted by molar-refractivity contribution is 5.82. The van der Waals surface area contributed by atoms with Crippen molar-refractivity contribution in [1.29, 1.82) is 0 Å². The van der Waals surface area contributed by atoms with Gasteiger partial charge in [-0.3, -0.25) is 9.20 Å². The van der Waals surface area contributed by atoms with Crippen LogP contribution in [-0.4, -0.2) is 38.6 Å². The van der Waals surface area contributed by atoms with Gasteiger partial charge in [-0.2, -0.15) is 0 Å². The lowest BCUT2D eigenvalue weighted by molar-refractivity contribution is -0.123. The lowest BCUT2D eigenvalue weighted by Crippen LogP contribution is -2.28. The Bertz CT molecular complexity index is 886. The first kappa shape index (κ1) is 17.1. The quantitative estimate of drug-likeness (QED) is 0.646. The molecule has 2 aromatic heterocycles. The first-order valence-electron chi connectivity index (χ1n) is 8.70. The van der Waals surface area contributed by atoms with Crippen LogP contribution >= 0.6 is 0 Å². The van der Waals surface area contributed by atoms with E-state index in [0.29, 0.717) is 6.54 Å². The number of aryl methyl sites for hydroxylation is 1. The normalized spacial score (nSPS) is 11.4. The molecule has 0 bridgehead atoms. The number of nitrogens with zero attached hydrogens (tertiary/aromatic N) is 4. The highest BCUT2D eigenvalue weighted by Crippen LogP contribution is 2.21. The molecular weight excluding hydrogens is 316 g/mol. The van der Waals surface area contributed by atoms with Crippen molar-refractivity contribution in [2.24, 2.45) is 5.92 Å². The number of hydrogen-bond donors (Lipinski definition) is 2. The average molecular weight is 340 g/mol. The van der Waals surface area contributed by atoms with Crippen molar-refractivity contribution in [3.05, 3.63) is 30.1 Å². The molecular formula is C18H24N6O. The molecule has 2 N–H and O–H groups in total. The van der Waals surface area contributed by atoms with Crippen molar-refractivity contribution >= 4 is 28.4 Å². The number of benzene rings is 1. The van der Waals surface area contributed by atoms with E-state index in [2.05, 4.69) is 25.8 Å².